The average molecular weight is 274 g/mol. The molecular weight excluding hydrogens is 252 g/mol. The van der Waals surface area contributed by atoms with Crippen LogP contribution in [0.5, 0.6) is 0 Å². The highest BCUT2D eigenvalue weighted by atomic mass is 32.2. The second kappa shape index (κ2) is 5.41. The molecule has 0 N–H and O–H groups in total. The van der Waals surface area contributed by atoms with Crippen LogP contribution in [0.1, 0.15) is 42.4 Å². The summed E-state index contributed by atoms with van der Waals surface area (Å²) in [5, 5.41) is 1.26. The maximum atomic E-state index is 4.69. The summed E-state index contributed by atoms with van der Waals surface area (Å²) < 4.78 is 2.19. The van der Waals surface area contributed by atoms with E-state index in [2.05, 4.69) is 64.4 Å². The number of aryl methyl sites for hydroxylation is 3. The molecule has 0 fully saturated rings. The smallest absolute Gasteiger partial charge is 0.106 e. The molecule has 2 rings (SSSR count). The lowest BCUT2D eigenvalue weighted by Gasteiger charge is -2.09. The minimum atomic E-state index is 0.452. The molecule has 0 aliphatic carbocycles. The van der Waals surface area contributed by atoms with Crippen molar-refractivity contribution in [1.29, 1.82) is 0 Å². The van der Waals surface area contributed by atoms with Crippen LogP contribution in [0, 0.1) is 20.8 Å². The maximum Gasteiger partial charge on any atom is 0.106 e. The first kappa shape index (κ1) is 14.2. The van der Waals surface area contributed by atoms with Crippen molar-refractivity contribution in [3.63, 3.8) is 0 Å². The van der Waals surface area contributed by atoms with Crippen molar-refractivity contribution >= 4 is 11.8 Å². The molecule has 1 aromatic heterocycles. The summed E-state index contributed by atoms with van der Waals surface area (Å²) in [7, 11) is 2.10. The van der Waals surface area contributed by atoms with Gasteiger partial charge in [0.05, 0.1) is 5.69 Å². The third-order valence-corrected chi connectivity index (χ3v) is 4.40. The van der Waals surface area contributed by atoms with Crippen LogP contribution in [0.2, 0.25) is 0 Å². The average Bonchev–Trinajstić information content (AvgIpc) is 2.56. The largest absolute Gasteiger partial charge is 0.326 e. The first-order valence-corrected chi connectivity index (χ1v) is 7.49. The molecule has 0 spiro atoms. The van der Waals surface area contributed by atoms with Crippen molar-refractivity contribution in [3.8, 4) is 0 Å². The second-order valence-corrected chi connectivity index (χ2v) is 6.55. The maximum absolute atomic E-state index is 4.69. The third-order valence-electron chi connectivity index (χ3n) is 3.25. The predicted octanol–water partition coefficient (Wildman–Crippen LogP) is 4.62. The van der Waals surface area contributed by atoms with Crippen molar-refractivity contribution in [3.05, 3.63) is 40.8 Å². The second-order valence-electron chi connectivity index (χ2n) is 5.49. The molecule has 1 aromatic carbocycles. The molecular formula is C16H22N2S. The van der Waals surface area contributed by atoms with E-state index in [1.165, 1.54) is 26.7 Å². The van der Waals surface area contributed by atoms with Crippen molar-refractivity contribution in [2.24, 2.45) is 7.05 Å². The fraction of sp³-hybridized carbons (Fsp3) is 0.438. The molecule has 0 saturated carbocycles. The van der Waals surface area contributed by atoms with E-state index in [1.807, 2.05) is 11.8 Å². The lowest BCUT2D eigenvalue weighted by Crippen LogP contribution is -1.95. The van der Waals surface area contributed by atoms with Gasteiger partial charge in [-0.05, 0) is 49.9 Å². The number of hydrogen-bond donors (Lipinski definition) is 0. The summed E-state index contributed by atoms with van der Waals surface area (Å²) in [4.78, 5) is 5.99. The van der Waals surface area contributed by atoms with Crippen LogP contribution in [0.25, 0.3) is 0 Å². The Kier molecular flexibility index (Phi) is 4.04. The zero-order valence-electron chi connectivity index (χ0n) is 12.6. The number of nitrogens with zero attached hydrogens (tertiary/aromatic N) is 2. The molecule has 2 aromatic rings. The van der Waals surface area contributed by atoms with E-state index in [0.717, 1.165) is 5.82 Å². The molecule has 0 saturated heterocycles. The predicted molar refractivity (Wildman–Crippen MR) is 82.1 cm³/mol. The molecule has 0 amide bonds. The van der Waals surface area contributed by atoms with Crippen molar-refractivity contribution < 1.29 is 0 Å². The lowest BCUT2D eigenvalue weighted by atomic mass is 10.1. The van der Waals surface area contributed by atoms with Gasteiger partial charge >= 0.3 is 0 Å². The molecule has 0 aliphatic rings. The van der Waals surface area contributed by atoms with E-state index >= 15 is 0 Å². The van der Waals surface area contributed by atoms with Gasteiger partial charge in [-0.1, -0.05) is 31.7 Å². The van der Waals surface area contributed by atoms with Crippen molar-refractivity contribution in [2.45, 2.75) is 50.5 Å². The molecule has 19 heavy (non-hydrogen) atoms. The highest BCUT2D eigenvalue weighted by Gasteiger charge is 2.16. The number of rotatable bonds is 3. The molecule has 0 bridgehead atoms. The van der Waals surface area contributed by atoms with Gasteiger partial charge in [0.25, 0.3) is 0 Å². The van der Waals surface area contributed by atoms with Gasteiger partial charge in [0.2, 0.25) is 0 Å². The number of imidazole rings is 1. The minimum Gasteiger partial charge on any atom is -0.326 e. The van der Waals surface area contributed by atoms with Gasteiger partial charge in [-0.25, -0.2) is 4.98 Å². The Labute approximate surface area is 120 Å². The Morgan fingerprint density at radius 2 is 1.63 bits per heavy atom. The Hall–Kier alpha value is -1.22. The molecule has 0 radical (unpaired) electrons. The summed E-state index contributed by atoms with van der Waals surface area (Å²) in [5.74, 6) is 1.53. The van der Waals surface area contributed by atoms with Gasteiger partial charge in [0.15, 0.2) is 0 Å². The summed E-state index contributed by atoms with van der Waals surface area (Å²) in [6.45, 7) is 10.8. The van der Waals surface area contributed by atoms with E-state index in [0.29, 0.717) is 5.92 Å². The van der Waals surface area contributed by atoms with E-state index in [4.69, 9.17) is 4.98 Å². The van der Waals surface area contributed by atoms with Gasteiger partial charge in [0, 0.05) is 11.9 Å². The summed E-state index contributed by atoms with van der Waals surface area (Å²) in [6, 6.07) is 6.69. The van der Waals surface area contributed by atoms with E-state index < -0.39 is 0 Å². The van der Waals surface area contributed by atoms with E-state index in [1.54, 1.807) is 0 Å². The van der Waals surface area contributed by atoms with Crippen LogP contribution in [0.4, 0.5) is 0 Å². The summed E-state index contributed by atoms with van der Waals surface area (Å²) in [5.41, 5.74) is 3.82. The van der Waals surface area contributed by atoms with Gasteiger partial charge in [-0.3, -0.25) is 0 Å². The van der Waals surface area contributed by atoms with Crippen LogP contribution in [-0.2, 0) is 7.05 Å². The Morgan fingerprint density at radius 1 is 1.05 bits per heavy atom. The minimum absolute atomic E-state index is 0.452. The molecule has 3 heteroatoms. The Morgan fingerprint density at radius 3 is 2.16 bits per heavy atom. The Balaban J connectivity index is 2.42. The van der Waals surface area contributed by atoms with Crippen molar-refractivity contribution in [1.82, 2.24) is 9.55 Å². The lowest BCUT2D eigenvalue weighted by molar-refractivity contribution is 0.754. The van der Waals surface area contributed by atoms with E-state index in [-0.39, 0.29) is 0 Å². The molecule has 1 heterocycles. The van der Waals surface area contributed by atoms with Crippen LogP contribution >= 0.6 is 11.8 Å². The molecule has 102 valence electrons. The first-order chi connectivity index (χ1) is 8.88. The van der Waals surface area contributed by atoms with Crippen molar-refractivity contribution in [2.75, 3.05) is 0 Å². The van der Waals surface area contributed by atoms with E-state index in [9.17, 15) is 0 Å². The molecule has 2 nitrogen and oxygen atoms in total. The quantitative estimate of drug-likeness (QED) is 0.812. The molecule has 0 aliphatic heterocycles. The zero-order valence-corrected chi connectivity index (χ0v) is 13.4. The third kappa shape index (κ3) is 3.03. The van der Waals surface area contributed by atoms with Gasteiger partial charge < -0.3 is 4.57 Å². The van der Waals surface area contributed by atoms with Crippen LogP contribution in [-0.4, -0.2) is 9.55 Å². The number of aromatic nitrogens is 2. The summed E-state index contributed by atoms with van der Waals surface area (Å²) >= 11 is 1.82. The normalized spacial score (nSPS) is 11.3. The Bertz CT molecular complexity index is 577. The molecule has 0 atom stereocenters. The van der Waals surface area contributed by atoms with Crippen LogP contribution in [0.3, 0.4) is 0 Å². The topological polar surface area (TPSA) is 17.8 Å². The van der Waals surface area contributed by atoms with Gasteiger partial charge in [-0.15, -0.1) is 0 Å². The fourth-order valence-electron chi connectivity index (χ4n) is 2.22. The van der Waals surface area contributed by atoms with Gasteiger partial charge in [-0.2, -0.15) is 0 Å². The highest BCUT2D eigenvalue weighted by Crippen LogP contribution is 2.34. The van der Waals surface area contributed by atoms with Gasteiger partial charge in [0.1, 0.15) is 10.9 Å². The molecule has 0 unspecified atom stereocenters. The van der Waals surface area contributed by atoms with Crippen LogP contribution in [0.15, 0.2) is 28.1 Å². The zero-order chi connectivity index (χ0) is 14.2. The summed E-state index contributed by atoms with van der Waals surface area (Å²) in [6.07, 6.45) is 0. The SMILES string of the molecule is Cc1cc(C)cc(Sc2c(C(C)C)nc(C)n2C)c1. The standard InChI is InChI=1S/C16H22N2S/c1-10(2)15-16(18(6)13(5)17-15)19-14-8-11(3)7-12(4)9-14/h7-10H,1-6H3. The number of hydrogen-bond acceptors (Lipinski definition) is 2. The number of benzene rings is 1. The van der Waals surface area contributed by atoms with Crippen LogP contribution < -0.4 is 0 Å². The fourth-order valence-corrected chi connectivity index (χ4v) is 3.58. The highest BCUT2D eigenvalue weighted by molar-refractivity contribution is 7.99. The first-order valence-electron chi connectivity index (χ1n) is 6.68. The monoisotopic (exact) mass is 274 g/mol.